The number of hydrogen-bond acceptors (Lipinski definition) is 5. The molecule has 0 radical (unpaired) electrons. The average Bonchev–Trinajstić information content (AvgIpc) is 2.96. The zero-order chi connectivity index (χ0) is 15.5. The van der Waals surface area contributed by atoms with Crippen molar-refractivity contribution in [2.75, 3.05) is 19.9 Å². The van der Waals surface area contributed by atoms with Crippen molar-refractivity contribution in [1.29, 1.82) is 0 Å². The summed E-state index contributed by atoms with van der Waals surface area (Å²) in [6.07, 6.45) is 3.21. The molecule has 5 heteroatoms. The molecule has 0 spiro atoms. The van der Waals surface area contributed by atoms with E-state index in [2.05, 4.69) is 18.7 Å². The number of ether oxygens (including phenoxy) is 3. The summed E-state index contributed by atoms with van der Waals surface area (Å²) < 4.78 is 16.3. The number of likely N-dealkylation sites (tertiary alicyclic amines) is 1. The summed E-state index contributed by atoms with van der Waals surface area (Å²) in [5, 5.41) is 10.3. The Morgan fingerprint density at radius 3 is 2.73 bits per heavy atom. The number of nitrogens with zero attached hydrogens (tertiary/aromatic N) is 1. The molecule has 0 amide bonds. The summed E-state index contributed by atoms with van der Waals surface area (Å²) in [7, 11) is 0. The standard InChI is InChI=1S/C17H25NO4/c1-12-4-3-5-13(2)18(12)9-14(19)10-20-15-6-7-16-17(8-15)22-11-21-16/h6-8,12-14,19H,3-5,9-11H2,1-2H3/t12-,13-,14-/m0/s1. The van der Waals surface area contributed by atoms with Crippen LogP contribution in [0.25, 0.3) is 0 Å². The molecule has 0 saturated carbocycles. The van der Waals surface area contributed by atoms with Gasteiger partial charge in [-0.05, 0) is 38.8 Å². The van der Waals surface area contributed by atoms with Crippen molar-refractivity contribution in [1.82, 2.24) is 4.90 Å². The third-order valence-corrected chi connectivity index (χ3v) is 4.58. The normalized spacial score (nSPS) is 26.0. The molecule has 5 nitrogen and oxygen atoms in total. The summed E-state index contributed by atoms with van der Waals surface area (Å²) in [6, 6.07) is 6.54. The minimum absolute atomic E-state index is 0.256. The monoisotopic (exact) mass is 307 g/mol. The maximum atomic E-state index is 10.3. The van der Waals surface area contributed by atoms with Gasteiger partial charge in [-0.25, -0.2) is 0 Å². The lowest BCUT2D eigenvalue weighted by molar-refractivity contribution is 0.0208. The number of hydrogen-bond donors (Lipinski definition) is 1. The van der Waals surface area contributed by atoms with E-state index in [1.807, 2.05) is 12.1 Å². The fraction of sp³-hybridized carbons (Fsp3) is 0.647. The fourth-order valence-electron chi connectivity index (χ4n) is 3.29. The summed E-state index contributed by atoms with van der Waals surface area (Å²) in [4.78, 5) is 2.39. The number of rotatable bonds is 5. The molecule has 2 heterocycles. The van der Waals surface area contributed by atoms with E-state index in [1.54, 1.807) is 6.07 Å². The number of aliphatic hydroxyl groups is 1. The maximum absolute atomic E-state index is 10.3. The van der Waals surface area contributed by atoms with Gasteiger partial charge in [-0.3, -0.25) is 4.90 Å². The second-order valence-electron chi connectivity index (χ2n) is 6.31. The Labute approximate surface area is 131 Å². The van der Waals surface area contributed by atoms with E-state index >= 15 is 0 Å². The van der Waals surface area contributed by atoms with E-state index < -0.39 is 6.10 Å². The molecule has 0 unspecified atom stereocenters. The third kappa shape index (κ3) is 3.47. The lowest BCUT2D eigenvalue weighted by Gasteiger charge is -2.40. The van der Waals surface area contributed by atoms with Crippen LogP contribution in [-0.2, 0) is 0 Å². The summed E-state index contributed by atoms with van der Waals surface area (Å²) in [6.45, 7) is 5.68. The van der Waals surface area contributed by atoms with Gasteiger partial charge in [0.1, 0.15) is 18.5 Å². The molecule has 1 N–H and O–H groups in total. The largest absolute Gasteiger partial charge is 0.491 e. The molecule has 1 aromatic carbocycles. The minimum Gasteiger partial charge on any atom is -0.491 e. The first kappa shape index (κ1) is 15.4. The molecule has 122 valence electrons. The number of piperidine rings is 1. The van der Waals surface area contributed by atoms with Crippen LogP contribution >= 0.6 is 0 Å². The quantitative estimate of drug-likeness (QED) is 0.905. The molecule has 0 aliphatic carbocycles. The molecule has 0 aromatic heterocycles. The Morgan fingerprint density at radius 1 is 1.23 bits per heavy atom. The highest BCUT2D eigenvalue weighted by Gasteiger charge is 2.26. The first-order valence-electron chi connectivity index (χ1n) is 8.09. The van der Waals surface area contributed by atoms with Crippen LogP contribution in [0.1, 0.15) is 33.1 Å². The average molecular weight is 307 g/mol. The highest BCUT2D eigenvalue weighted by atomic mass is 16.7. The molecule has 22 heavy (non-hydrogen) atoms. The molecule has 1 saturated heterocycles. The highest BCUT2D eigenvalue weighted by molar-refractivity contribution is 5.46. The van der Waals surface area contributed by atoms with Crippen molar-refractivity contribution in [3.05, 3.63) is 18.2 Å². The van der Waals surface area contributed by atoms with E-state index in [0.29, 0.717) is 30.1 Å². The predicted molar refractivity (Wildman–Crippen MR) is 83.5 cm³/mol. The van der Waals surface area contributed by atoms with Gasteiger partial charge in [0.15, 0.2) is 11.5 Å². The van der Waals surface area contributed by atoms with Crippen molar-refractivity contribution in [2.24, 2.45) is 0 Å². The van der Waals surface area contributed by atoms with E-state index in [1.165, 1.54) is 19.3 Å². The van der Waals surface area contributed by atoms with Crippen LogP contribution in [-0.4, -0.2) is 48.1 Å². The predicted octanol–water partition coefficient (Wildman–Crippen LogP) is 2.42. The molecular formula is C17H25NO4. The van der Waals surface area contributed by atoms with E-state index in [4.69, 9.17) is 14.2 Å². The molecule has 3 rings (SSSR count). The van der Waals surface area contributed by atoms with E-state index in [9.17, 15) is 5.11 Å². The Balaban J connectivity index is 1.50. The number of β-amino-alcohol motifs (C(OH)–C–C–N with tert-alkyl or cyclic N) is 1. The Morgan fingerprint density at radius 2 is 1.95 bits per heavy atom. The molecule has 1 fully saturated rings. The van der Waals surface area contributed by atoms with Gasteiger partial charge in [-0.15, -0.1) is 0 Å². The van der Waals surface area contributed by atoms with Crippen molar-refractivity contribution in [3.63, 3.8) is 0 Å². The van der Waals surface area contributed by atoms with Crippen molar-refractivity contribution < 1.29 is 19.3 Å². The Bertz CT molecular complexity index is 497. The van der Waals surface area contributed by atoms with Crippen LogP contribution in [0.5, 0.6) is 17.2 Å². The first-order valence-corrected chi connectivity index (χ1v) is 8.09. The summed E-state index contributed by atoms with van der Waals surface area (Å²) >= 11 is 0. The Hall–Kier alpha value is -1.46. The molecule has 0 bridgehead atoms. The van der Waals surface area contributed by atoms with Crippen molar-refractivity contribution in [3.8, 4) is 17.2 Å². The minimum atomic E-state index is -0.492. The first-order chi connectivity index (χ1) is 10.6. The fourth-order valence-corrected chi connectivity index (χ4v) is 3.29. The Kier molecular flexibility index (Phi) is 4.74. The molecule has 1 aromatic rings. The maximum Gasteiger partial charge on any atom is 0.231 e. The molecule has 2 aliphatic heterocycles. The smallest absolute Gasteiger partial charge is 0.231 e. The van der Waals surface area contributed by atoms with Crippen LogP contribution in [0.4, 0.5) is 0 Å². The van der Waals surface area contributed by atoms with Gasteiger partial charge in [0, 0.05) is 24.7 Å². The molecule has 3 atom stereocenters. The van der Waals surface area contributed by atoms with E-state index in [-0.39, 0.29) is 13.4 Å². The molecular weight excluding hydrogens is 282 g/mol. The second-order valence-corrected chi connectivity index (χ2v) is 6.31. The van der Waals surface area contributed by atoms with Gasteiger partial charge in [0.2, 0.25) is 6.79 Å². The van der Waals surface area contributed by atoms with Crippen molar-refractivity contribution in [2.45, 2.75) is 51.3 Å². The third-order valence-electron chi connectivity index (χ3n) is 4.58. The second kappa shape index (κ2) is 6.75. The SMILES string of the molecule is C[C@H]1CCC[C@H](C)N1C[C@H](O)COc1ccc2c(c1)OCO2. The lowest BCUT2D eigenvalue weighted by Crippen LogP contribution is -2.48. The van der Waals surface area contributed by atoms with Crippen LogP contribution in [0.15, 0.2) is 18.2 Å². The van der Waals surface area contributed by atoms with Crippen molar-refractivity contribution >= 4 is 0 Å². The van der Waals surface area contributed by atoms with Gasteiger partial charge in [0.05, 0.1) is 0 Å². The van der Waals surface area contributed by atoms with Gasteiger partial charge < -0.3 is 19.3 Å². The zero-order valence-electron chi connectivity index (χ0n) is 13.3. The number of fused-ring (bicyclic) bond motifs is 1. The number of aliphatic hydroxyl groups excluding tert-OH is 1. The molecule has 2 aliphatic rings. The number of benzene rings is 1. The van der Waals surface area contributed by atoms with Gasteiger partial charge in [0.25, 0.3) is 0 Å². The van der Waals surface area contributed by atoms with Gasteiger partial charge >= 0.3 is 0 Å². The van der Waals surface area contributed by atoms with Crippen LogP contribution in [0.3, 0.4) is 0 Å². The van der Waals surface area contributed by atoms with Gasteiger partial charge in [-0.1, -0.05) is 6.42 Å². The topological polar surface area (TPSA) is 51.2 Å². The van der Waals surface area contributed by atoms with E-state index in [0.717, 1.165) is 5.75 Å². The summed E-state index contributed by atoms with van der Waals surface area (Å²) in [5.74, 6) is 2.14. The summed E-state index contributed by atoms with van der Waals surface area (Å²) in [5.41, 5.74) is 0. The highest BCUT2D eigenvalue weighted by Crippen LogP contribution is 2.35. The van der Waals surface area contributed by atoms with Gasteiger partial charge in [-0.2, -0.15) is 0 Å². The van der Waals surface area contributed by atoms with Crippen LogP contribution in [0.2, 0.25) is 0 Å². The van der Waals surface area contributed by atoms with Crippen LogP contribution < -0.4 is 14.2 Å². The van der Waals surface area contributed by atoms with Crippen LogP contribution in [0, 0.1) is 0 Å². The lowest BCUT2D eigenvalue weighted by atomic mass is 9.97. The zero-order valence-corrected chi connectivity index (χ0v) is 13.3.